The number of cyclic esters (lactones) is 1. The molecule has 1 aromatic heterocycles. The standard InChI is InChI=1S/C27H36O5S/c1-16(2)27(10-8-22-17(3)9-11-31-22)14-21(29)24(25(30)32-27)33-23-12-18(4)19(15-28)13-20(23)26(5,6)7/h9,11-13,16,24,28H,8,10,14-15H2,1-7H3. The highest BCUT2D eigenvalue weighted by Crippen LogP contribution is 2.43. The van der Waals surface area contributed by atoms with E-state index in [9.17, 15) is 14.7 Å². The van der Waals surface area contributed by atoms with Gasteiger partial charge >= 0.3 is 5.97 Å². The van der Waals surface area contributed by atoms with Gasteiger partial charge in [-0.25, -0.2) is 0 Å². The first-order chi connectivity index (χ1) is 15.4. The minimum absolute atomic E-state index is 0.00263. The molecule has 180 valence electrons. The lowest BCUT2D eigenvalue weighted by Crippen LogP contribution is -2.52. The van der Waals surface area contributed by atoms with E-state index in [0.29, 0.717) is 12.8 Å². The van der Waals surface area contributed by atoms with E-state index in [1.165, 1.54) is 11.8 Å². The van der Waals surface area contributed by atoms with Crippen LogP contribution in [0.15, 0.2) is 33.8 Å². The Balaban J connectivity index is 1.85. The van der Waals surface area contributed by atoms with Gasteiger partial charge in [0.1, 0.15) is 11.4 Å². The lowest BCUT2D eigenvalue weighted by molar-refractivity contribution is -0.176. The number of benzene rings is 1. The quantitative estimate of drug-likeness (QED) is 0.412. The molecular weight excluding hydrogens is 436 g/mol. The van der Waals surface area contributed by atoms with E-state index in [-0.39, 0.29) is 30.1 Å². The maximum Gasteiger partial charge on any atom is 0.327 e. The Kier molecular flexibility index (Phi) is 7.49. The highest BCUT2D eigenvalue weighted by atomic mass is 32.2. The van der Waals surface area contributed by atoms with Crippen LogP contribution >= 0.6 is 11.8 Å². The molecule has 0 aliphatic carbocycles. The zero-order valence-electron chi connectivity index (χ0n) is 20.8. The number of thioether (sulfide) groups is 1. The molecule has 0 radical (unpaired) electrons. The summed E-state index contributed by atoms with van der Waals surface area (Å²) in [6.07, 6.45) is 3.03. The van der Waals surface area contributed by atoms with E-state index in [4.69, 9.17) is 9.15 Å². The topological polar surface area (TPSA) is 76.7 Å². The van der Waals surface area contributed by atoms with Crippen LogP contribution in [-0.4, -0.2) is 27.7 Å². The molecule has 0 saturated carbocycles. The number of Topliss-reactive ketones (excluding diaryl/α,β-unsaturated/α-hetero) is 1. The number of carbonyl (C=O) groups excluding carboxylic acids is 2. The van der Waals surface area contributed by atoms with Gasteiger partial charge in [-0.1, -0.05) is 40.7 Å². The number of hydrogen-bond acceptors (Lipinski definition) is 6. The molecular formula is C27H36O5S. The molecule has 2 atom stereocenters. The largest absolute Gasteiger partial charge is 0.469 e. The van der Waals surface area contributed by atoms with Gasteiger partial charge in [-0.2, -0.15) is 0 Å². The summed E-state index contributed by atoms with van der Waals surface area (Å²) in [5.41, 5.74) is 2.84. The van der Waals surface area contributed by atoms with E-state index in [2.05, 4.69) is 20.8 Å². The third-order valence-electron chi connectivity index (χ3n) is 6.74. The van der Waals surface area contributed by atoms with Gasteiger partial charge in [-0.15, -0.1) is 11.8 Å². The number of ketones is 1. The molecule has 2 unspecified atom stereocenters. The molecule has 2 aromatic rings. The van der Waals surface area contributed by atoms with Crippen LogP contribution in [-0.2, 0) is 32.8 Å². The number of rotatable bonds is 7. The normalized spacial score (nSPS) is 21.5. The van der Waals surface area contributed by atoms with Gasteiger partial charge in [0, 0.05) is 17.7 Å². The first-order valence-corrected chi connectivity index (χ1v) is 12.5. The SMILES string of the molecule is Cc1cc(SC2C(=O)CC(CCc3occc3C)(C(C)C)OC2=O)c(C(C)(C)C)cc1CO. The molecule has 1 N–H and O–H groups in total. The van der Waals surface area contributed by atoms with Crippen LogP contribution in [0, 0.1) is 19.8 Å². The van der Waals surface area contributed by atoms with Gasteiger partial charge < -0.3 is 14.3 Å². The van der Waals surface area contributed by atoms with Crippen molar-refractivity contribution in [2.24, 2.45) is 5.92 Å². The van der Waals surface area contributed by atoms with Gasteiger partial charge in [0.05, 0.1) is 12.9 Å². The lowest BCUT2D eigenvalue weighted by Gasteiger charge is -2.41. The molecule has 5 nitrogen and oxygen atoms in total. The van der Waals surface area contributed by atoms with Crippen molar-refractivity contribution in [2.45, 2.75) is 95.5 Å². The summed E-state index contributed by atoms with van der Waals surface area (Å²) in [7, 11) is 0. The number of aryl methyl sites for hydroxylation is 3. The smallest absolute Gasteiger partial charge is 0.327 e. The summed E-state index contributed by atoms with van der Waals surface area (Å²) in [6.45, 7) is 14.1. The Morgan fingerprint density at radius 1 is 1.18 bits per heavy atom. The van der Waals surface area contributed by atoms with E-state index >= 15 is 0 Å². The summed E-state index contributed by atoms with van der Waals surface area (Å²) in [5.74, 6) is 0.307. The third kappa shape index (κ3) is 5.38. The van der Waals surface area contributed by atoms with Gasteiger partial charge in [0.15, 0.2) is 11.0 Å². The lowest BCUT2D eigenvalue weighted by atomic mass is 9.79. The Morgan fingerprint density at radius 2 is 1.88 bits per heavy atom. The fraction of sp³-hybridized carbons (Fsp3) is 0.556. The van der Waals surface area contributed by atoms with Crippen molar-refractivity contribution in [2.75, 3.05) is 0 Å². The Bertz CT molecular complexity index is 1010. The van der Waals surface area contributed by atoms with E-state index in [1.807, 2.05) is 45.9 Å². The third-order valence-corrected chi connectivity index (χ3v) is 8.02. The summed E-state index contributed by atoms with van der Waals surface area (Å²) in [5, 5.41) is 8.82. The predicted octanol–water partition coefficient (Wildman–Crippen LogP) is 5.69. The Morgan fingerprint density at radius 3 is 2.39 bits per heavy atom. The Labute approximate surface area is 201 Å². The van der Waals surface area contributed by atoms with Crippen LogP contribution < -0.4 is 0 Å². The first kappa shape index (κ1) is 25.6. The molecule has 6 heteroatoms. The monoisotopic (exact) mass is 472 g/mol. The van der Waals surface area contributed by atoms with Gasteiger partial charge in [0.2, 0.25) is 0 Å². The second-order valence-corrected chi connectivity index (χ2v) is 11.6. The second kappa shape index (κ2) is 9.67. The van der Waals surface area contributed by atoms with E-state index in [1.54, 1.807) is 6.26 Å². The molecule has 1 aromatic carbocycles. The summed E-state index contributed by atoms with van der Waals surface area (Å²) in [6, 6.07) is 5.88. The van der Waals surface area contributed by atoms with Crippen LogP contribution in [0.2, 0.25) is 0 Å². The molecule has 0 amide bonds. The number of aliphatic hydroxyl groups excluding tert-OH is 1. The molecule has 1 saturated heterocycles. The minimum Gasteiger partial charge on any atom is -0.469 e. The summed E-state index contributed by atoms with van der Waals surface area (Å²) < 4.78 is 11.6. The van der Waals surface area contributed by atoms with Crippen molar-refractivity contribution < 1.29 is 23.8 Å². The number of carbonyl (C=O) groups is 2. The van der Waals surface area contributed by atoms with Crippen LogP contribution in [0.25, 0.3) is 0 Å². The van der Waals surface area contributed by atoms with Gasteiger partial charge in [-0.05, 0) is 66.0 Å². The van der Waals surface area contributed by atoms with Gasteiger partial charge in [-0.3, -0.25) is 9.59 Å². The molecule has 1 aliphatic heterocycles. The van der Waals surface area contributed by atoms with Crippen molar-refractivity contribution >= 4 is 23.5 Å². The number of furan rings is 1. The van der Waals surface area contributed by atoms with Crippen molar-refractivity contribution in [1.29, 1.82) is 0 Å². The summed E-state index contributed by atoms with van der Waals surface area (Å²) >= 11 is 1.27. The number of esters is 1. The van der Waals surface area contributed by atoms with E-state index in [0.717, 1.165) is 32.9 Å². The van der Waals surface area contributed by atoms with Crippen LogP contribution in [0.3, 0.4) is 0 Å². The van der Waals surface area contributed by atoms with E-state index < -0.39 is 16.8 Å². The van der Waals surface area contributed by atoms with Crippen molar-refractivity contribution in [3.8, 4) is 0 Å². The first-order valence-electron chi connectivity index (χ1n) is 11.6. The molecule has 0 spiro atoms. The van der Waals surface area contributed by atoms with Crippen LogP contribution in [0.5, 0.6) is 0 Å². The molecule has 3 rings (SSSR count). The van der Waals surface area contributed by atoms with Crippen molar-refractivity contribution in [1.82, 2.24) is 0 Å². The summed E-state index contributed by atoms with van der Waals surface area (Å²) in [4.78, 5) is 27.4. The highest BCUT2D eigenvalue weighted by molar-refractivity contribution is 8.01. The zero-order valence-corrected chi connectivity index (χ0v) is 21.6. The predicted molar refractivity (Wildman–Crippen MR) is 130 cm³/mol. The van der Waals surface area contributed by atoms with Gasteiger partial charge in [0.25, 0.3) is 0 Å². The second-order valence-electron chi connectivity index (χ2n) is 10.5. The highest BCUT2D eigenvalue weighted by Gasteiger charge is 2.49. The number of ether oxygens (including phenoxy) is 1. The fourth-order valence-electron chi connectivity index (χ4n) is 4.37. The molecule has 1 fully saturated rings. The van der Waals surface area contributed by atoms with Crippen molar-refractivity contribution in [3.63, 3.8) is 0 Å². The van der Waals surface area contributed by atoms with Crippen LogP contribution in [0.1, 0.15) is 75.5 Å². The minimum atomic E-state index is -0.886. The molecule has 2 heterocycles. The zero-order chi connectivity index (χ0) is 24.6. The molecule has 0 bridgehead atoms. The maximum absolute atomic E-state index is 13.3. The molecule has 33 heavy (non-hydrogen) atoms. The number of aliphatic hydroxyl groups is 1. The van der Waals surface area contributed by atoms with Crippen molar-refractivity contribution in [3.05, 3.63) is 52.5 Å². The molecule has 1 aliphatic rings. The average molecular weight is 473 g/mol. The number of hydrogen-bond donors (Lipinski definition) is 1. The fourth-order valence-corrected chi connectivity index (χ4v) is 5.72. The maximum atomic E-state index is 13.3. The van der Waals surface area contributed by atoms with Crippen LogP contribution in [0.4, 0.5) is 0 Å². The average Bonchev–Trinajstić information content (AvgIpc) is 3.13. The Hall–Kier alpha value is -2.05.